The van der Waals surface area contributed by atoms with Crippen LogP contribution in [0.3, 0.4) is 0 Å². The monoisotopic (exact) mass is 358 g/mol. The van der Waals surface area contributed by atoms with Gasteiger partial charge in [-0.1, -0.05) is 30.3 Å². The van der Waals surface area contributed by atoms with Gasteiger partial charge >= 0.3 is 6.18 Å². The number of aromatic nitrogens is 3. The van der Waals surface area contributed by atoms with Crippen molar-refractivity contribution in [1.82, 2.24) is 15.0 Å². The first-order chi connectivity index (χ1) is 12.4. The molecule has 0 saturated heterocycles. The number of hydrogen-bond donors (Lipinski definition) is 0. The fourth-order valence-corrected chi connectivity index (χ4v) is 2.46. The van der Waals surface area contributed by atoms with Gasteiger partial charge in [-0.05, 0) is 24.1 Å². The molecular weight excluding hydrogens is 341 g/mol. The molecular formula is C19H17F3N4. The maximum Gasteiger partial charge on any atom is 0.433 e. The molecule has 2 aromatic heterocycles. The van der Waals surface area contributed by atoms with E-state index < -0.39 is 11.9 Å². The quantitative estimate of drug-likeness (QED) is 0.684. The number of likely N-dealkylation sites (N-methyl/N-ethyl adjacent to an activating group) is 1. The third-order valence-corrected chi connectivity index (χ3v) is 3.91. The van der Waals surface area contributed by atoms with Crippen LogP contribution in [0.5, 0.6) is 0 Å². The van der Waals surface area contributed by atoms with Gasteiger partial charge in [-0.15, -0.1) is 0 Å². The maximum absolute atomic E-state index is 13.3. The van der Waals surface area contributed by atoms with Crippen molar-refractivity contribution < 1.29 is 13.2 Å². The van der Waals surface area contributed by atoms with E-state index in [1.165, 1.54) is 12.4 Å². The van der Waals surface area contributed by atoms with Crippen LogP contribution in [0.1, 0.15) is 11.3 Å². The van der Waals surface area contributed by atoms with Gasteiger partial charge in [-0.25, -0.2) is 9.97 Å². The topological polar surface area (TPSA) is 41.9 Å². The summed E-state index contributed by atoms with van der Waals surface area (Å²) < 4.78 is 39.8. The molecule has 1 aromatic carbocycles. The molecule has 2 heterocycles. The van der Waals surface area contributed by atoms with E-state index >= 15 is 0 Å². The average molecular weight is 358 g/mol. The molecule has 3 aromatic rings. The number of nitrogens with zero attached hydrogens (tertiary/aromatic N) is 4. The lowest BCUT2D eigenvalue weighted by atomic mass is 10.1. The molecule has 0 aliphatic rings. The first-order valence-electron chi connectivity index (χ1n) is 8.05. The molecule has 0 unspecified atom stereocenters. The molecule has 134 valence electrons. The Hall–Kier alpha value is -2.96. The lowest BCUT2D eigenvalue weighted by Gasteiger charge is -2.20. The van der Waals surface area contributed by atoms with Gasteiger partial charge < -0.3 is 4.90 Å². The Bertz CT molecular complexity index is 852. The van der Waals surface area contributed by atoms with Crippen molar-refractivity contribution in [3.8, 4) is 11.4 Å². The van der Waals surface area contributed by atoms with Crippen LogP contribution < -0.4 is 4.90 Å². The van der Waals surface area contributed by atoms with Gasteiger partial charge in [0.15, 0.2) is 11.5 Å². The molecule has 26 heavy (non-hydrogen) atoms. The molecule has 0 aliphatic carbocycles. The van der Waals surface area contributed by atoms with Gasteiger partial charge in [0, 0.05) is 37.6 Å². The second-order valence-electron chi connectivity index (χ2n) is 5.83. The molecule has 0 radical (unpaired) electrons. The van der Waals surface area contributed by atoms with E-state index in [0.717, 1.165) is 11.6 Å². The van der Waals surface area contributed by atoms with Crippen molar-refractivity contribution in [2.45, 2.75) is 12.6 Å². The third-order valence-electron chi connectivity index (χ3n) is 3.91. The molecule has 0 saturated carbocycles. The number of pyridine rings is 1. The van der Waals surface area contributed by atoms with Gasteiger partial charge in [0.1, 0.15) is 5.82 Å². The van der Waals surface area contributed by atoms with E-state index in [1.54, 1.807) is 24.1 Å². The highest BCUT2D eigenvalue weighted by Crippen LogP contribution is 2.31. The van der Waals surface area contributed by atoms with Crippen LogP contribution in [0.4, 0.5) is 19.0 Å². The van der Waals surface area contributed by atoms with Gasteiger partial charge in [-0.3, -0.25) is 4.98 Å². The van der Waals surface area contributed by atoms with E-state index in [2.05, 4.69) is 15.0 Å². The van der Waals surface area contributed by atoms with Crippen LogP contribution in [-0.2, 0) is 12.6 Å². The summed E-state index contributed by atoms with van der Waals surface area (Å²) in [5, 5.41) is 0. The average Bonchev–Trinajstić information content (AvgIpc) is 2.66. The van der Waals surface area contributed by atoms with Crippen molar-refractivity contribution in [3.63, 3.8) is 0 Å². The van der Waals surface area contributed by atoms with Crippen molar-refractivity contribution in [2.24, 2.45) is 0 Å². The Balaban J connectivity index is 1.90. The number of anilines is 1. The van der Waals surface area contributed by atoms with Crippen molar-refractivity contribution >= 4 is 5.82 Å². The van der Waals surface area contributed by atoms with E-state index in [1.807, 2.05) is 30.3 Å². The Kier molecular flexibility index (Phi) is 5.16. The minimum absolute atomic E-state index is 0.0313. The smallest absolute Gasteiger partial charge is 0.359 e. The second-order valence-corrected chi connectivity index (χ2v) is 5.83. The summed E-state index contributed by atoms with van der Waals surface area (Å²) in [6.07, 6.45) is -0.845. The normalized spacial score (nSPS) is 11.4. The highest BCUT2D eigenvalue weighted by Gasteiger charge is 2.34. The zero-order valence-corrected chi connectivity index (χ0v) is 14.1. The summed E-state index contributed by atoms with van der Waals surface area (Å²) in [5.41, 5.74) is 0.642. The van der Waals surface area contributed by atoms with Crippen LogP contribution >= 0.6 is 0 Å². The highest BCUT2D eigenvalue weighted by atomic mass is 19.4. The molecule has 0 atom stereocenters. The Morgan fingerprint density at radius 2 is 1.65 bits per heavy atom. The van der Waals surface area contributed by atoms with Gasteiger partial charge in [-0.2, -0.15) is 13.2 Å². The van der Waals surface area contributed by atoms with E-state index in [0.29, 0.717) is 18.5 Å². The summed E-state index contributed by atoms with van der Waals surface area (Å²) in [6, 6.07) is 13.9. The van der Waals surface area contributed by atoms with Crippen LogP contribution in [0.25, 0.3) is 11.4 Å². The van der Waals surface area contributed by atoms with Crippen molar-refractivity contribution in [3.05, 3.63) is 72.2 Å². The summed E-state index contributed by atoms with van der Waals surface area (Å²) in [5.74, 6) is 0.263. The van der Waals surface area contributed by atoms with Gasteiger partial charge in [0.25, 0.3) is 0 Å². The van der Waals surface area contributed by atoms with Crippen molar-refractivity contribution in [2.75, 3.05) is 18.5 Å². The molecule has 0 fully saturated rings. The predicted octanol–water partition coefficient (Wildman–Crippen LogP) is 4.24. The SMILES string of the molecule is CN(CCc1ccccc1)c1cc(C(F)(F)F)nc(-c2ccncc2)n1. The zero-order valence-electron chi connectivity index (χ0n) is 14.1. The fourth-order valence-electron chi connectivity index (χ4n) is 2.46. The minimum atomic E-state index is -4.54. The summed E-state index contributed by atoms with van der Waals surface area (Å²) in [6.45, 7) is 0.536. The molecule has 0 bridgehead atoms. The van der Waals surface area contributed by atoms with Crippen LogP contribution in [0.2, 0.25) is 0 Å². The molecule has 7 heteroatoms. The predicted molar refractivity (Wildman–Crippen MR) is 93.7 cm³/mol. The Morgan fingerprint density at radius 3 is 2.31 bits per heavy atom. The van der Waals surface area contributed by atoms with Gasteiger partial charge in [0.2, 0.25) is 0 Å². The van der Waals surface area contributed by atoms with Gasteiger partial charge in [0.05, 0.1) is 0 Å². The summed E-state index contributed by atoms with van der Waals surface area (Å²) in [7, 11) is 1.72. The number of rotatable bonds is 5. The summed E-state index contributed by atoms with van der Waals surface area (Å²) >= 11 is 0. The Labute approximate surface area is 149 Å². The molecule has 4 nitrogen and oxygen atoms in total. The maximum atomic E-state index is 13.3. The fraction of sp³-hybridized carbons (Fsp3) is 0.211. The number of halogens is 3. The molecule has 0 amide bonds. The first-order valence-corrected chi connectivity index (χ1v) is 8.05. The van der Waals surface area contributed by atoms with E-state index in [-0.39, 0.29) is 11.6 Å². The van der Waals surface area contributed by atoms with E-state index in [9.17, 15) is 13.2 Å². The van der Waals surface area contributed by atoms with Crippen LogP contribution in [0.15, 0.2) is 60.9 Å². The van der Waals surface area contributed by atoms with Crippen molar-refractivity contribution in [1.29, 1.82) is 0 Å². The highest BCUT2D eigenvalue weighted by molar-refractivity contribution is 5.57. The molecule has 3 rings (SSSR count). The molecule has 0 spiro atoms. The minimum Gasteiger partial charge on any atom is -0.359 e. The number of hydrogen-bond acceptors (Lipinski definition) is 4. The van der Waals surface area contributed by atoms with Crippen LogP contribution in [0, 0.1) is 0 Å². The largest absolute Gasteiger partial charge is 0.433 e. The van der Waals surface area contributed by atoms with E-state index in [4.69, 9.17) is 0 Å². The lowest BCUT2D eigenvalue weighted by molar-refractivity contribution is -0.141. The number of benzene rings is 1. The lowest BCUT2D eigenvalue weighted by Crippen LogP contribution is -2.23. The third kappa shape index (κ3) is 4.36. The Morgan fingerprint density at radius 1 is 0.962 bits per heavy atom. The number of alkyl halides is 3. The second kappa shape index (κ2) is 7.51. The van der Waals surface area contributed by atoms with Crippen LogP contribution in [-0.4, -0.2) is 28.5 Å². The summed E-state index contributed by atoms with van der Waals surface area (Å²) in [4.78, 5) is 13.6. The molecule has 0 aliphatic heterocycles. The first kappa shape index (κ1) is 17.8. The zero-order chi connectivity index (χ0) is 18.6. The standard InChI is InChI=1S/C19H17F3N4/c1-26(12-9-14-5-3-2-4-6-14)17-13-16(19(20,21)22)24-18(25-17)15-7-10-23-11-8-15/h2-8,10-11,13H,9,12H2,1H3. The molecule has 0 N–H and O–H groups in total.